The number of benzene rings is 1. The third-order valence-corrected chi connectivity index (χ3v) is 4.23. The predicted octanol–water partition coefficient (Wildman–Crippen LogP) is 2.62. The van der Waals surface area contributed by atoms with Gasteiger partial charge in [0.2, 0.25) is 5.95 Å². The molecule has 0 radical (unpaired) electrons. The van der Waals surface area contributed by atoms with E-state index in [1.165, 1.54) is 5.56 Å². The third kappa shape index (κ3) is 4.42. The standard InChI is InChI=1S/C18H25N5/c1-22(2)18-19-11-8-17(21-18)20-16-9-12-23(13-10-16)14-15-6-4-3-5-7-15/h3-8,11,16H,9-10,12-14H2,1-2H3,(H,19,20,21). The molecule has 1 aliphatic rings. The molecule has 0 aliphatic carbocycles. The molecule has 3 rings (SSSR count). The zero-order valence-electron chi connectivity index (χ0n) is 13.9. The maximum atomic E-state index is 4.54. The van der Waals surface area contributed by atoms with Gasteiger partial charge in [-0.05, 0) is 24.5 Å². The second-order valence-electron chi connectivity index (χ2n) is 6.32. The van der Waals surface area contributed by atoms with E-state index in [0.29, 0.717) is 6.04 Å². The van der Waals surface area contributed by atoms with Gasteiger partial charge in [0.15, 0.2) is 0 Å². The molecule has 0 amide bonds. The third-order valence-electron chi connectivity index (χ3n) is 4.23. The zero-order valence-corrected chi connectivity index (χ0v) is 13.9. The number of aromatic nitrogens is 2. The first kappa shape index (κ1) is 15.7. The number of hydrogen-bond acceptors (Lipinski definition) is 5. The summed E-state index contributed by atoms with van der Waals surface area (Å²) in [7, 11) is 3.92. The van der Waals surface area contributed by atoms with Gasteiger partial charge in [-0.3, -0.25) is 4.90 Å². The van der Waals surface area contributed by atoms with Crippen molar-refractivity contribution in [3.63, 3.8) is 0 Å². The van der Waals surface area contributed by atoms with Gasteiger partial charge < -0.3 is 10.2 Å². The Labute approximate surface area is 138 Å². The monoisotopic (exact) mass is 311 g/mol. The molecule has 1 aliphatic heterocycles. The smallest absolute Gasteiger partial charge is 0.226 e. The van der Waals surface area contributed by atoms with Crippen LogP contribution in [0.4, 0.5) is 11.8 Å². The van der Waals surface area contributed by atoms with Crippen molar-refractivity contribution in [2.45, 2.75) is 25.4 Å². The first-order chi connectivity index (χ1) is 11.2. The molecule has 5 heteroatoms. The molecule has 0 atom stereocenters. The predicted molar refractivity (Wildman–Crippen MR) is 94.7 cm³/mol. The van der Waals surface area contributed by atoms with Crippen molar-refractivity contribution in [1.29, 1.82) is 0 Å². The highest BCUT2D eigenvalue weighted by molar-refractivity contribution is 5.41. The molecule has 5 nitrogen and oxygen atoms in total. The van der Waals surface area contributed by atoms with Crippen molar-refractivity contribution >= 4 is 11.8 Å². The lowest BCUT2D eigenvalue weighted by molar-refractivity contribution is 0.211. The maximum absolute atomic E-state index is 4.54. The van der Waals surface area contributed by atoms with Crippen LogP contribution in [0.25, 0.3) is 0 Å². The fourth-order valence-electron chi connectivity index (χ4n) is 2.93. The van der Waals surface area contributed by atoms with Crippen molar-refractivity contribution in [3.05, 3.63) is 48.2 Å². The van der Waals surface area contributed by atoms with Gasteiger partial charge in [-0.15, -0.1) is 0 Å². The summed E-state index contributed by atoms with van der Waals surface area (Å²) >= 11 is 0. The van der Waals surface area contributed by atoms with E-state index >= 15 is 0 Å². The molecule has 1 saturated heterocycles. The number of hydrogen-bond donors (Lipinski definition) is 1. The summed E-state index contributed by atoms with van der Waals surface area (Å²) in [5, 5.41) is 3.56. The van der Waals surface area contributed by atoms with Crippen LogP contribution >= 0.6 is 0 Å². The van der Waals surface area contributed by atoms with Gasteiger partial charge in [0.1, 0.15) is 5.82 Å². The van der Waals surface area contributed by atoms with E-state index in [-0.39, 0.29) is 0 Å². The van der Waals surface area contributed by atoms with Gasteiger partial charge >= 0.3 is 0 Å². The van der Waals surface area contributed by atoms with Crippen LogP contribution in [0.2, 0.25) is 0 Å². The Balaban J connectivity index is 1.50. The molecule has 0 spiro atoms. The summed E-state index contributed by atoms with van der Waals surface area (Å²) in [4.78, 5) is 13.3. The van der Waals surface area contributed by atoms with Crippen LogP contribution in [-0.2, 0) is 6.54 Å². The highest BCUT2D eigenvalue weighted by Gasteiger charge is 2.19. The van der Waals surface area contributed by atoms with Crippen molar-refractivity contribution < 1.29 is 0 Å². The zero-order chi connectivity index (χ0) is 16.1. The van der Waals surface area contributed by atoms with Crippen molar-refractivity contribution in [1.82, 2.24) is 14.9 Å². The minimum absolute atomic E-state index is 0.493. The molecule has 0 unspecified atom stereocenters. The molecule has 1 aromatic heterocycles. The quantitative estimate of drug-likeness (QED) is 0.919. The van der Waals surface area contributed by atoms with Crippen LogP contribution in [0.5, 0.6) is 0 Å². The van der Waals surface area contributed by atoms with E-state index in [0.717, 1.165) is 44.2 Å². The van der Waals surface area contributed by atoms with Crippen molar-refractivity contribution in [2.75, 3.05) is 37.4 Å². The average molecular weight is 311 g/mol. The van der Waals surface area contributed by atoms with E-state index in [1.807, 2.05) is 31.3 Å². The molecule has 2 aromatic rings. The van der Waals surface area contributed by atoms with Crippen molar-refractivity contribution in [3.8, 4) is 0 Å². The van der Waals surface area contributed by atoms with Gasteiger partial charge in [-0.1, -0.05) is 30.3 Å². The molecule has 23 heavy (non-hydrogen) atoms. The number of likely N-dealkylation sites (tertiary alicyclic amines) is 1. The SMILES string of the molecule is CN(C)c1nccc(NC2CCN(Cc3ccccc3)CC2)n1. The van der Waals surface area contributed by atoms with E-state index in [1.54, 1.807) is 0 Å². The summed E-state index contributed by atoms with van der Waals surface area (Å²) < 4.78 is 0. The Morgan fingerprint density at radius 2 is 1.87 bits per heavy atom. The minimum Gasteiger partial charge on any atom is -0.367 e. The van der Waals surface area contributed by atoms with E-state index in [9.17, 15) is 0 Å². The number of nitrogens with zero attached hydrogens (tertiary/aromatic N) is 4. The Kier molecular flexibility index (Phi) is 5.08. The van der Waals surface area contributed by atoms with E-state index < -0.39 is 0 Å². The second-order valence-corrected chi connectivity index (χ2v) is 6.32. The number of piperidine rings is 1. The summed E-state index contributed by atoms with van der Waals surface area (Å²) in [5.41, 5.74) is 1.39. The van der Waals surface area contributed by atoms with Gasteiger partial charge in [-0.25, -0.2) is 4.98 Å². The minimum atomic E-state index is 0.493. The van der Waals surface area contributed by atoms with Crippen LogP contribution in [0, 0.1) is 0 Å². The summed E-state index contributed by atoms with van der Waals surface area (Å²) in [6.45, 7) is 3.29. The van der Waals surface area contributed by atoms with Crippen LogP contribution in [0.15, 0.2) is 42.6 Å². The summed E-state index contributed by atoms with van der Waals surface area (Å²) in [6, 6.07) is 13.1. The molecular weight excluding hydrogens is 286 g/mol. The van der Waals surface area contributed by atoms with Gasteiger partial charge in [0, 0.05) is 46.0 Å². The Morgan fingerprint density at radius 3 is 2.57 bits per heavy atom. The fourth-order valence-corrected chi connectivity index (χ4v) is 2.93. The lowest BCUT2D eigenvalue weighted by Gasteiger charge is -2.32. The summed E-state index contributed by atoms with van der Waals surface area (Å²) in [5.74, 6) is 1.67. The molecular formula is C18H25N5. The van der Waals surface area contributed by atoms with Crippen LogP contribution in [0.3, 0.4) is 0 Å². The lowest BCUT2D eigenvalue weighted by atomic mass is 10.0. The maximum Gasteiger partial charge on any atom is 0.226 e. The van der Waals surface area contributed by atoms with Gasteiger partial charge in [-0.2, -0.15) is 4.98 Å². The Bertz CT molecular complexity index is 606. The average Bonchev–Trinajstić information content (AvgIpc) is 2.58. The van der Waals surface area contributed by atoms with Gasteiger partial charge in [0.05, 0.1) is 0 Å². The van der Waals surface area contributed by atoms with Crippen molar-refractivity contribution in [2.24, 2.45) is 0 Å². The molecule has 1 N–H and O–H groups in total. The highest BCUT2D eigenvalue weighted by atomic mass is 15.2. The first-order valence-corrected chi connectivity index (χ1v) is 8.24. The molecule has 1 fully saturated rings. The number of rotatable bonds is 5. The first-order valence-electron chi connectivity index (χ1n) is 8.24. The largest absolute Gasteiger partial charge is 0.367 e. The topological polar surface area (TPSA) is 44.3 Å². The number of nitrogens with one attached hydrogen (secondary N) is 1. The van der Waals surface area contributed by atoms with Crippen LogP contribution in [0.1, 0.15) is 18.4 Å². The normalized spacial score (nSPS) is 16.3. The fraction of sp³-hybridized carbons (Fsp3) is 0.444. The molecule has 122 valence electrons. The molecule has 2 heterocycles. The van der Waals surface area contributed by atoms with E-state index in [2.05, 4.69) is 50.5 Å². The molecule has 0 saturated carbocycles. The lowest BCUT2D eigenvalue weighted by Crippen LogP contribution is -2.38. The Hall–Kier alpha value is -2.14. The highest BCUT2D eigenvalue weighted by Crippen LogP contribution is 2.18. The van der Waals surface area contributed by atoms with Crippen LogP contribution < -0.4 is 10.2 Å². The number of anilines is 2. The molecule has 1 aromatic carbocycles. The van der Waals surface area contributed by atoms with Crippen LogP contribution in [-0.4, -0.2) is 48.1 Å². The van der Waals surface area contributed by atoms with E-state index in [4.69, 9.17) is 0 Å². The van der Waals surface area contributed by atoms with Gasteiger partial charge in [0.25, 0.3) is 0 Å². The second kappa shape index (κ2) is 7.42. The summed E-state index contributed by atoms with van der Waals surface area (Å²) in [6.07, 6.45) is 4.11. The molecule has 0 bridgehead atoms. The Morgan fingerprint density at radius 1 is 1.13 bits per heavy atom.